The van der Waals surface area contributed by atoms with Crippen LogP contribution in [-0.2, 0) is 4.84 Å². The van der Waals surface area contributed by atoms with Crippen LogP contribution in [0.15, 0.2) is 12.1 Å². The fourth-order valence-electron chi connectivity index (χ4n) is 5.30. The lowest BCUT2D eigenvalue weighted by Crippen LogP contribution is -3.04. The molecule has 17 heavy (non-hydrogen) atoms. The summed E-state index contributed by atoms with van der Waals surface area (Å²) < 4.78 is 0. The third-order valence-corrected chi connectivity index (χ3v) is 5.30. The van der Waals surface area contributed by atoms with Crippen molar-refractivity contribution in [2.24, 2.45) is 28.9 Å². The standard InChI is InChI=1S/C13H21N3O/c14-12-7-16(15-17-12)8-13-4-9-1-10(5-13)3-11(2-9)6-13/h7,9-11,16H,1-6,8,14H2. The van der Waals surface area contributed by atoms with Crippen molar-refractivity contribution in [3.05, 3.63) is 17.7 Å². The monoisotopic (exact) mass is 235 g/mol. The average Bonchev–Trinajstić information content (AvgIpc) is 2.60. The van der Waals surface area contributed by atoms with Gasteiger partial charge in [0.15, 0.2) is 0 Å². The largest absolute Gasteiger partial charge is 0.523 e. The van der Waals surface area contributed by atoms with E-state index in [9.17, 15) is 0 Å². The summed E-state index contributed by atoms with van der Waals surface area (Å²) in [5.74, 6) is 3.48. The van der Waals surface area contributed by atoms with E-state index < -0.39 is 0 Å². The first-order chi connectivity index (χ1) is 8.21. The zero-order valence-corrected chi connectivity index (χ0v) is 10.2. The molecule has 5 aliphatic rings. The molecule has 4 saturated carbocycles. The fraction of sp³-hybridized carbons (Fsp3) is 0.846. The van der Waals surface area contributed by atoms with E-state index >= 15 is 0 Å². The Labute approximate surface area is 102 Å². The van der Waals surface area contributed by atoms with Crippen LogP contribution in [0.3, 0.4) is 0 Å². The SMILES string of the molecule is NC1=C[NH+](CC23CC4CC(CC(C4)C2)C3)[N-]O1. The second-order valence-electron chi connectivity index (χ2n) is 6.81. The molecule has 1 aliphatic heterocycles. The van der Waals surface area contributed by atoms with E-state index in [1.165, 1.54) is 38.5 Å². The van der Waals surface area contributed by atoms with E-state index in [0.717, 1.165) is 29.3 Å². The predicted molar refractivity (Wildman–Crippen MR) is 63.1 cm³/mol. The van der Waals surface area contributed by atoms with Crippen molar-refractivity contribution in [3.63, 3.8) is 0 Å². The zero-order valence-electron chi connectivity index (χ0n) is 10.2. The topological polar surface area (TPSA) is 53.8 Å². The molecule has 0 aromatic heterocycles. The average molecular weight is 235 g/mol. The Balaban J connectivity index is 1.53. The molecule has 1 heterocycles. The second kappa shape index (κ2) is 3.39. The van der Waals surface area contributed by atoms with E-state index in [0.29, 0.717) is 11.3 Å². The van der Waals surface area contributed by atoms with Gasteiger partial charge in [-0.2, -0.15) is 0 Å². The first-order valence-corrected chi connectivity index (χ1v) is 6.92. The smallest absolute Gasteiger partial charge is 0.227 e. The van der Waals surface area contributed by atoms with Crippen LogP contribution in [0, 0.1) is 23.2 Å². The predicted octanol–water partition coefficient (Wildman–Crippen LogP) is 1.08. The van der Waals surface area contributed by atoms with Gasteiger partial charge in [-0.25, -0.2) is 0 Å². The fourth-order valence-corrected chi connectivity index (χ4v) is 5.30. The Morgan fingerprint density at radius 3 is 2.29 bits per heavy atom. The minimum Gasteiger partial charge on any atom is -0.523 e. The number of hydrogen-bond donors (Lipinski definition) is 2. The van der Waals surface area contributed by atoms with Crippen LogP contribution in [-0.4, -0.2) is 6.54 Å². The van der Waals surface area contributed by atoms with Crippen molar-refractivity contribution in [1.29, 1.82) is 0 Å². The Hall–Kier alpha value is -0.740. The Morgan fingerprint density at radius 2 is 1.82 bits per heavy atom. The van der Waals surface area contributed by atoms with Crippen LogP contribution in [0.25, 0.3) is 5.59 Å². The van der Waals surface area contributed by atoms with E-state index in [2.05, 4.69) is 5.59 Å². The molecule has 5 rings (SSSR count). The van der Waals surface area contributed by atoms with Crippen LogP contribution in [0.2, 0.25) is 0 Å². The maximum atomic E-state index is 5.62. The van der Waals surface area contributed by atoms with Gasteiger partial charge in [0.2, 0.25) is 5.88 Å². The minimum absolute atomic E-state index is 0.463. The van der Waals surface area contributed by atoms with Gasteiger partial charge >= 0.3 is 0 Å². The molecule has 0 aromatic carbocycles. The summed E-state index contributed by atoms with van der Waals surface area (Å²) in [7, 11) is 0. The lowest BCUT2D eigenvalue weighted by Gasteiger charge is -2.56. The molecule has 4 aliphatic carbocycles. The van der Waals surface area contributed by atoms with Crippen LogP contribution < -0.4 is 10.7 Å². The van der Waals surface area contributed by atoms with Gasteiger partial charge in [-0.15, -0.1) is 0 Å². The van der Waals surface area contributed by atoms with Gasteiger partial charge in [-0.3, -0.25) is 5.59 Å². The third-order valence-electron chi connectivity index (χ3n) is 5.30. The van der Waals surface area contributed by atoms with Crippen molar-refractivity contribution in [3.8, 4) is 0 Å². The Bertz CT molecular complexity index is 330. The molecule has 1 atom stereocenters. The molecular formula is C13H21N3O. The number of quaternary nitrogens is 1. The van der Waals surface area contributed by atoms with Crippen LogP contribution in [0.4, 0.5) is 0 Å². The summed E-state index contributed by atoms with van der Waals surface area (Å²) in [6.07, 6.45) is 10.7. The highest BCUT2D eigenvalue weighted by Gasteiger charge is 2.52. The lowest BCUT2D eigenvalue weighted by molar-refractivity contribution is -0.824. The van der Waals surface area contributed by atoms with Crippen molar-refractivity contribution in [2.45, 2.75) is 38.5 Å². The Kier molecular flexibility index (Phi) is 2.03. The van der Waals surface area contributed by atoms with Crippen LogP contribution >= 0.6 is 0 Å². The van der Waals surface area contributed by atoms with Crippen molar-refractivity contribution in [1.82, 2.24) is 0 Å². The highest BCUT2D eigenvalue weighted by Crippen LogP contribution is 2.59. The van der Waals surface area contributed by atoms with E-state index in [4.69, 9.17) is 10.6 Å². The van der Waals surface area contributed by atoms with Gasteiger partial charge in [-0.1, -0.05) is 0 Å². The first-order valence-electron chi connectivity index (χ1n) is 6.92. The molecule has 0 amide bonds. The number of nitrogens with zero attached hydrogens (tertiary/aromatic N) is 1. The van der Waals surface area contributed by atoms with Gasteiger partial charge in [-0.05, 0) is 56.3 Å². The molecule has 0 aromatic rings. The summed E-state index contributed by atoms with van der Waals surface area (Å²) in [4.78, 5) is 5.01. The van der Waals surface area contributed by atoms with Crippen molar-refractivity contribution < 1.29 is 9.85 Å². The molecule has 0 radical (unpaired) electrons. The lowest BCUT2D eigenvalue weighted by atomic mass is 9.49. The molecule has 94 valence electrons. The molecular weight excluding hydrogens is 214 g/mol. The molecule has 1 unspecified atom stereocenters. The normalized spacial score (nSPS) is 51.4. The highest BCUT2D eigenvalue weighted by atomic mass is 16.7. The van der Waals surface area contributed by atoms with Gasteiger partial charge in [0.25, 0.3) is 0 Å². The zero-order chi connectivity index (χ0) is 11.5. The summed E-state index contributed by atoms with van der Waals surface area (Å²) in [5.41, 5.74) is 10.2. The first kappa shape index (κ1) is 10.2. The number of rotatable bonds is 2. The van der Waals surface area contributed by atoms with Crippen molar-refractivity contribution >= 4 is 0 Å². The summed E-state index contributed by atoms with van der Waals surface area (Å²) >= 11 is 0. The van der Waals surface area contributed by atoms with Gasteiger partial charge in [0, 0.05) is 5.41 Å². The molecule has 3 N–H and O–H groups in total. The van der Waals surface area contributed by atoms with Crippen molar-refractivity contribution in [2.75, 3.05) is 6.54 Å². The van der Waals surface area contributed by atoms with Crippen LogP contribution in [0.1, 0.15) is 38.5 Å². The number of hydrogen-bond acceptors (Lipinski definition) is 2. The number of nitrogens with one attached hydrogen (secondary N) is 1. The highest BCUT2D eigenvalue weighted by molar-refractivity contribution is 5.01. The van der Waals surface area contributed by atoms with E-state index in [-0.39, 0.29) is 0 Å². The van der Waals surface area contributed by atoms with Gasteiger partial charge in [0.1, 0.15) is 6.20 Å². The summed E-state index contributed by atoms with van der Waals surface area (Å²) in [6, 6.07) is 0. The van der Waals surface area contributed by atoms with Gasteiger partial charge < -0.3 is 15.6 Å². The summed E-state index contributed by atoms with van der Waals surface area (Å²) in [6.45, 7) is 1.09. The van der Waals surface area contributed by atoms with E-state index in [1.54, 1.807) is 0 Å². The van der Waals surface area contributed by atoms with Crippen LogP contribution in [0.5, 0.6) is 0 Å². The maximum absolute atomic E-state index is 5.62. The minimum atomic E-state index is 0.463. The molecule has 4 fully saturated rings. The Morgan fingerprint density at radius 1 is 1.24 bits per heavy atom. The molecule has 0 spiro atoms. The summed E-state index contributed by atoms with van der Waals surface area (Å²) in [5, 5.41) is 1.07. The molecule has 0 saturated heterocycles. The number of nitrogens with two attached hydrogens (primary N) is 1. The maximum Gasteiger partial charge on any atom is 0.227 e. The molecule has 4 bridgehead atoms. The second-order valence-corrected chi connectivity index (χ2v) is 6.81. The molecule has 4 heteroatoms. The quantitative estimate of drug-likeness (QED) is 0.752. The third kappa shape index (κ3) is 1.66. The molecule has 4 nitrogen and oxygen atoms in total. The van der Waals surface area contributed by atoms with E-state index in [1.807, 2.05) is 6.20 Å². The van der Waals surface area contributed by atoms with Gasteiger partial charge in [0.05, 0.1) is 6.54 Å².